The first-order chi connectivity index (χ1) is 11.9. The molecule has 1 aromatic carbocycles. The predicted molar refractivity (Wildman–Crippen MR) is 87.5 cm³/mol. The van der Waals surface area contributed by atoms with E-state index >= 15 is 0 Å². The lowest BCUT2D eigenvalue weighted by Gasteiger charge is -2.17. The van der Waals surface area contributed by atoms with E-state index in [0.717, 1.165) is 11.0 Å². The number of fused-ring (bicyclic) bond motifs is 1. The lowest BCUT2D eigenvalue weighted by Crippen LogP contribution is -2.41. The van der Waals surface area contributed by atoms with E-state index in [1.807, 2.05) is 0 Å². The quantitative estimate of drug-likeness (QED) is 0.828. The van der Waals surface area contributed by atoms with Gasteiger partial charge in [-0.3, -0.25) is 14.5 Å². The summed E-state index contributed by atoms with van der Waals surface area (Å²) in [5.41, 5.74) is -0.296. The van der Waals surface area contributed by atoms with Gasteiger partial charge in [-0.2, -0.15) is 0 Å². The fraction of sp³-hybridized carbons (Fsp3) is 0.250. The number of hydrogen-bond acceptors (Lipinski definition) is 6. The standard InChI is InChI=1S/C16H13ClN2O6/c1-8(14(21)19-5-4-18-16(19)23)24-15(22)13-7-11(20)10-6-9(17)2-3-12(10)25-13/h2-3,6-8H,4-5H2,1H3,(H,18,23)/t8-/m0/s1. The van der Waals surface area contributed by atoms with Crippen LogP contribution in [0, 0.1) is 0 Å². The third-order valence-electron chi connectivity index (χ3n) is 3.64. The van der Waals surface area contributed by atoms with Gasteiger partial charge in [0.15, 0.2) is 11.5 Å². The maximum atomic E-state index is 12.2. The maximum Gasteiger partial charge on any atom is 0.375 e. The highest BCUT2D eigenvalue weighted by molar-refractivity contribution is 6.31. The van der Waals surface area contributed by atoms with Gasteiger partial charge < -0.3 is 14.5 Å². The minimum atomic E-state index is -1.21. The Bertz CT molecular complexity index is 938. The van der Waals surface area contributed by atoms with Gasteiger partial charge in [-0.1, -0.05) is 11.6 Å². The van der Waals surface area contributed by atoms with Crippen LogP contribution in [-0.4, -0.2) is 42.0 Å². The summed E-state index contributed by atoms with van der Waals surface area (Å²) in [4.78, 5) is 48.8. The topological polar surface area (TPSA) is 106 Å². The zero-order valence-corrected chi connectivity index (χ0v) is 13.8. The highest BCUT2D eigenvalue weighted by Crippen LogP contribution is 2.18. The molecule has 2 heterocycles. The van der Waals surface area contributed by atoms with Crippen LogP contribution in [0.15, 0.2) is 33.5 Å². The Morgan fingerprint density at radius 2 is 2.08 bits per heavy atom. The molecular weight excluding hydrogens is 352 g/mol. The van der Waals surface area contributed by atoms with Gasteiger partial charge in [0.1, 0.15) is 5.58 Å². The second-order valence-electron chi connectivity index (χ2n) is 5.38. The van der Waals surface area contributed by atoms with Gasteiger partial charge in [-0.25, -0.2) is 9.59 Å². The minimum absolute atomic E-state index is 0.168. The van der Waals surface area contributed by atoms with Gasteiger partial charge in [-0.05, 0) is 25.1 Å². The number of benzene rings is 1. The molecule has 1 N–H and O–H groups in total. The summed E-state index contributed by atoms with van der Waals surface area (Å²) >= 11 is 5.82. The van der Waals surface area contributed by atoms with Crippen molar-refractivity contribution in [3.8, 4) is 0 Å². The molecule has 2 aromatic rings. The number of imide groups is 1. The second-order valence-corrected chi connectivity index (χ2v) is 5.82. The van der Waals surface area contributed by atoms with E-state index in [0.29, 0.717) is 11.6 Å². The van der Waals surface area contributed by atoms with Crippen molar-refractivity contribution in [2.24, 2.45) is 0 Å². The van der Waals surface area contributed by atoms with Crippen LogP contribution in [0.3, 0.4) is 0 Å². The molecule has 0 aliphatic carbocycles. The Labute approximate surface area is 146 Å². The van der Waals surface area contributed by atoms with Crippen LogP contribution in [0.1, 0.15) is 17.5 Å². The Morgan fingerprint density at radius 1 is 1.32 bits per heavy atom. The molecule has 3 amide bonds. The van der Waals surface area contributed by atoms with E-state index in [-0.39, 0.29) is 23.3 Å². The smallest absolute Gasteiger partial charge is 0.375 e. The maximum absolute atomic E-state index is 12.2. The summed E-state index contributed by atoms with van der Waals surface area (Å²) < 4.78 is 10.4. The predicted octanol–water partition coefficient (Wildman–Crippen LogP) is 1.54. The van der Waals surface area contributed by atoms with Crippen molar-refractivity contribution < 1.29 is 23.5 Å². The lowest BCUT2D eigenvalue weighted by atomic mass is 10.2. The molecular formula is C16H13ClN2O6. The molecule has 8 nitrogen and oxygen atoms in total. The SMILES string of the molecule is C[C@H](OC(=O)c1cc(=O)c2cc(Cl)ccc2o1)C(=O)N1CCNC1=O. The van der Waals surface area contributed by atoms with Crippen molar-refractivity contribution in [3.05, 3.63) is 45.3 Å². The normalized spacial score (nSPS) is 15.1. The minimum Gasteiger partial charge on any atom is -0.449 e. The number of carbonyl (C=O) groups is 3. The zero-order chi connectivity index (χ0) is 18.1. The van der Waals surface area contributed by atoms with Gasteiger partial charge in [0.2, 0.25) is 5.76 Å². The molecule has 0 spiro atoms. The van der Waals surface area contributed by atoms with Crippen LogP contribution >= 0.6 is 11.6 Å². The van der Waals surface area contributed by atoms with Gasteiger partial charge in [0.25, 0.3) is 5.91 Å². The third-order valence-corrected chi connectivity index (χ3v) is 3.88. The molecule has 3 rings (SSSR count). The number of rotatable bonds is 3. The summed E-state index contributed by atoms with van der Waals surface area (Å²) in [6, 6.07) is 4.83. The van der Waals surface area contributed by atoms with E-state index in [2.05, 4.69) is 5.32 Å². The molecule has 1 fully saturated rings. The molecule has 1 aliphatic heterocycles. The number of ether oxygens (including phenoxy) is 1. The number of nitrogens with one attached hydrogen (secondary N) is 1. The summed E-state index contributed by atoms with van der Waals surface area (Å²) in [5.74, 6) is -1.97. The van der Waals surface area contributed by atoms with Gasteiger partial charge in [0.05, 0.1) is 5.39 Å². The molecule has 0 unspecified atom stereocenters. The Kier molecular flexibility index (Phi) is 4.45. The number of amides is 3. The van der Waals surface area contributed by atoms with Crippen molar-refractivity contribution in [1.82, 2.24) is 10.2 Å². The zero-order valence-electron chi connectivity index (χ0n) is 13.1. The number of urea groups is 1. The largest absolute Gasteiger partial charge is 0.449 e. The molecule has 1 atom stereocenters. The highest BCUT2D eigenvalue weighted by Gasteiger charge is 2.32. The average molecular weight is 365 g/mol. The first kappa shape index (κ1) is 17.0. The van der Waals surface area contributed by atoms with E-state index < -0.39 is 29.4 Å². The highest BCUT2D eigenvalue weighted by atomic mass is 35.5. The van der Waals surface area contributed by atoms with Crippen molar-refractivity contribution in [3.63, 3.8) is 0 Å². The van der Waals surface area contributed by atoms with Crippen molar-refractivity contribution >= 4 is 40.5 Å². The number of hydrogen-bond donors (Lipinski definition) is 1. The molecule has 0 saturated carbocycles. The third kappa shape index (κ3) is 3.34. The number of carbonyl (C=O) groups excluding carboxylic acids is 3. The van der Waals surface area contributed by atoms with Gasteiger partial charge >= 0.3 is 12.0 Å². The summed E-state index contributed by atoms with van der Waals surface area (Å²) in [5, 5.41) is 3.06. The molecule has 1 saturated heterocycles. The van der Waals surface area contributed by atoms with Crippen LogP contribution < -0.4 is 10.7 Å². The van der Waals surface area contributed by atoms with Crippen LogP contribution in [0.4, 0.5) is 4.79 Å². The fourth-order valence-electron chi connectivity index (χ4n) is 2.40. The number of halogens is 1. The summed E-state index contributed by atoms with van der Waals surface area (Å²) in [6.45, 7) is 1.88. The van der Waals surface area contributed by atoms with Crippen LogP contribution in [-0.2, 0) is 9.53 Å². The van der Waals surface area contributed by atoms with E-state index in [4.69, 9.17) is 20.8 Å². The van der Waals surface area contributed by atoms with Crippen molar-refractivity contribution in [2.45, 2.75) is 13.0 Å². The number of esters is 1. The summed E-state index contributed by atoms with van der Waals surface area (Å²) in [6.07, 6.45) is -1.21. The second kappa shape index (κ2) is 6.56. The van der Waals surface area contributed by atoms with Crippen molar-refractivity contribution in [1.29, 1.82) is 0 Å². The van der Waals surface area contributed by atoms with Gasteiger partial charge in [0, 0.05) is 24.2 Å². The Morgan fingerprint density at radius 3 is 2.76 bits per heavy atom. The summed E-state index contributed by atoms with van der Waals surface area (Å²) in [7, 11) is 0. The van der Waals surface area contributed by atoms with Crippen LogP contribution in [0.2, 0.25) is 5.02 Å². The molecule has 0 radical (unpaired) electrons. The van der Waals surface area contributed by atoms with E-state index in [1.54, 1.807) is 0 Å². The Hall–Kier alpha value is -2.87. The molecule has 1 aromatic heterocycles. The fourth-order valence-corrected chi connectivity index (χ4v) is 2.57. The van der Waals surface area contributed by atoms with E-state index in [9.17, 15) is 19.2 Å². The number of nitrogens with zero attached hydrogens (tertiary/aromatic N) is 1. The first-order valence-electron chi connectivity index (χ1n) is 7.40. The van der Waals surface area contributed by atoms with Gasteiger partial charge in [-0.15, -0.1) is 0 Å². The monoisotopic (exact) mass is 364 g/mol. The first-order valence-corrected chi connectivity index (χ1v) is 7.78. The molecule has 130 valence electrons. The molecule has 1 aliphatic rings. The van der Waals surface area contributed by atoms with E-state index in [1.165, 1.54) is 25.1 Å². The lowest BCUT2D eigenvalue weighted by molar-refractivity contribution is -0.136. The van der Waals surface area contributed by atoms with Crippen molar-refractivity contribution in [2.75, 3.05) is 13.1 Å². The Balaban J connectivity index is 1.80. The molecule has 25 heavy (non-hydrogen) atoms. The molecule has 9 heteroatoms. The van der Waals surface area contributed by atoms with Crippen LogP contribution in [0.25, 0.3) is 11.0 Å². The molecule has 0 bridgehead atoms. The average Bonchev–Trinajstić information content (AvgIpc) is 3.00. The van der Waals surface area contributed by atoms with Crippen LogP contribution in [0.5, 0.6) is 0 Å².